The van der Waals surface area contributed by atoms with Gasteiger partial charge in [0.25, 0.3) is 0 Å². The van der Waals surface area contributed by atoms with E-state index in [-0.39, 0.29) is 44.7 Å². The molecular formula is C34H27Br2ClN2O6. The Bertz CT molecular complexity index is 1820. The van der Waals surface area contributed by atoms with Crippen LogP contribution in [0.5, 0.6) is 5.75 Å². The molecule has 4 unspecified atom stereocenters. The lowest BCUT2D eigenvalue weighted by Crippen LogP contribution is -2.34. The Kier molecular flexibility index (Phi) is 8.83. The number of Topliss-reactive ketones (excluding diaryl/α,β-unsaturated/α-hetero) is 1. The average molecular weight is 755 g/mol. The molecule has 230 valence electrons. The van der Waals surface area contributed by atoms with E-state index in [9.17, 15) is 19.2 Å². The SMILES string of the molecule is COc1ccc(C(=O)COC(=O)c2cc(-c3ccc(N4C(=O)C5CC(Br)C(Br)CC5C4=O)cc3)nc3c(C)c(Cl)ccc23)cc1. The van der Waals surface area contributed by atoms with Crippen LogP contribution in [0, 0.1) is 18.8 Å². The number of fused-ring (bicyclic) bond motifs is 2. The van der Waals surface area contributed by atoms with Gasteiger partial charge in [-0.2, -0.15) is 0 Å². The van der Waals surface area contributed by atoms with Gasteiger partial charge in [-0.05, 0) is 73.9 Å². The van der Waals surface area contributed by atoms with Gasteiger partial charge in [-0.1, -0.05) is 61.7 Å². The van der Waals surface area contributed by atoms with Crippen LogP contribution in [0.1, 0.15) is 39.1 Å². The number of anilines is 1. The maximum Gasteiger partial charge on any atom is 0.339 e. The van der Waals surface area contributed by atoms with E-state index in [4.69, 9.17) is 26.1 Å². The van der Waals surface area contributed by atoms with E-state index in [1.54, 1.807) is 66.7 Å². The zero-order valence-electron chi connectivity index (χ0n) is 24.3. The van der Waals surface area contributed by atoms with Crippen molar-refractivity contribution >= 4 is 83.6 Å². The van der Waals surface area contributed by atoms with E-state index in [0.29, 0.717) is 62.6 Å². The topological polar surface area (TPSA) is 103 Å². The van der Waals surface area contributed by atoms with Crippen molar-refractivity contribution in [2.45, 2.75) is 29.4 Å². The van der Waals surface area contributed by atoms with E-state index < -0.39 is 12.6 Å². The summed E-state index contributed by atoms with van der Waals surface area (Å²) in [6.07, 6.45) is 1.18. The number of benzene rings is 3. The molecule has 0 radical (unpaired) electrons. The second-order valence-electron chi connectivity index (χ2n) is 11.1. The molecule has 1 aliphatic carbocycles. The monoisotopic (exact) mass is 752 g/mol. The Morgan fingerprint density at radius 2 is 1.56 bits per heavy atom. The average Bonchev–Trinajstić information content (AvgIpc) is 3.29. The molecule has 2 fully saturated rings. The van der Waals surface area contributed by atoms with Gasteiger partial charge < -0.3 is 9.47 Å². The summed E-state index contributed by atoms with van der Waals surface area (Å²) in [5.74, 6) is -1.52. The van der Waals surface area contributed by atoms with Crippen LogP contribution in [0.4, 0.5) is 5.69 Å². The third-order valence-electron chi connectivity index (χ3n) is 8.47. The van der Waals surface area contributed by atoms with Crippen LogP contribution in [0.25, 0.3) is 22.2 Å². The number of imide groups is 1. The van der Waals surface area contributed by atoms with Crippen LogP contribution in [-0.4, -0.2) is 51.9 Å². The summed E-state index contributed by atoms with van der Waals surface area (Å²) in [5, 5.41) is 1.02. The molecular weight excluding hydrogens is 728 g/mol. The molecule has 0 spiro atoms. The standard InChI is InChI=1S/C34H27Br2ClN2O6/c1-17-28(37)12-11-22-25(34(43)45-16-30(40)19-5-9-21(44-2)10-6-19)15-29(38-31(17)22)18-3-7-20(8-4-18)39-32(41)23-13-26(35)27(36)14-24(23)33(39)42/h3-12,15,23-24,26-27H,13-14,16H2,1-2H3. The van der Waals surface area contributed by atoms with Crippen LogP contribution >= 0.6 is 43.5 Å². The number of hydrogen-bond donors (Lipinski definition) is 0. The fourth-order valence-electron chi connectivity index (χ4n) is 5.92. The second-order valence-corrected chi connectivity index (χ2v) is 13.9. The number of alkyl halides is 2. The second kappa shape index (κ2) is 12.7. The third-order valence-corrected chi connectivity index (χ3v) is 11.6. The number of carbonyl (C=O) groups is 4. The molecule has 2 heterocycles. The number of pyridine rings is 1. The molecule has 4 atom stereocenters. The van der Waals surface area contributed by atoms with Crippen LogP contribution in [0.15, 0.2) is 66.7 Å². The zero-order valence-corrected chi connectivity index (χ0v) is 28.2. The number of amides is 2. The first-order chi connectivity index (χ1) is 21.6. The summed E-state index contributed by atoms with van der Waals surface area (Å²) in [4.78, 5) is 59.0. The van der Waals surface area contributed by atoms with Gasteiger partial charge in [-0.25, -0.2) is 9.78 Å². The molecule has 1 aliphatic heterocycles. The lowest BCUT2D eigenvalue weighted by molar-refractivity contribution is -0.122. The predicted octanol–water partition coefficient (Wildman–Crippen LogP) is 7.34. The van der Waals surface area contributed by atoms with Crippen molar-refractivity contribution in [3.05, 3.63) is 88.4 Å². The van der Waals surface area contributed by atoms with E-state index in [0.717, 1.165) is 0 Å². The Morgan fingerprint density at radius 3 is 2.16 bits per heavy atom. The summed E-state index contributed by atoms with van der Waals surface area (Å²) in [7, 11) is 1.54. The van der Waals surface area contributed by atoms with Gasteiger partial charge in [-0.3, -0.25) is 19.3 Å². The first-order valence-electron chi connectivity index (χ1n) is 14.3. The van der Waals surface area contributed by atoms with Gasteiger partial charge in [0.1, 0.15) is 5.75 Å². The number of rotatable bonds is 7. The Hall–Kier alpha value is -3.60. The van der Waals surface area contributed by atoms with Crippen molar-refractivity contribution in [3.8, 4) is 17.0 Å². The maximum absolute atomic E-state index is 13.4. The number of carbonyl (C=O) groups excluding carboxylic acids is 4. The number of nitrogens with zero attached hydrogens (tertiary/aromatic N) is 2. The fraction of sp³-hybridized carbons (Fsp3) is 0.265. The molecule has 6 rings (SSSR count). The van der Waals surface area contributed by atoms with Crippen molar-refractivity contribution in [1.29, 1.82) is 0 Å². The van der Waals surface area contributed by atoms with Crippen LogP contribution < -0.4 is 9.64 Å². The van der Waals surface area contributed by atoms with Crippen LogP contribution in [0.3, 0.4) is 0 Å². The minimum atomic E-state index is -0.685. The summed E-state index contributed by atoms with van der Waals surface area (Å²) < 4.78 is 10.6. The molecule has 3 aromatic carbocycles. The molecule has 2 aliphatic rings. The summed E-state index contributed by atoms with van der Waals surface area (Å²) >= 11 is 13.7. The third kappa shape index (κ3) is 5.91. The molecule has 1 saturated heterocycles. The highest BCUT2D eigenvalue weighted by Crippen LogP contribution is 2.44. The maximum atomic E-state index is 13.4. The summed E-state index contributed by atoms with van der Waals surface area (Å²) in [6, 6.07) is 18.5. The Labute approximate surface area is 281 Å². The molecule has 4 aromatic rings. The van der Waals surface area contributed by atoms with Gasteiger partial charge >= 0.3 is 5.97 Å². The van der Waals surface area contributed by atoms with Crippen LogP contribution in [0.2, 0.25) is 5.02 Å². The quantitative estimate of drug-likeness (QED) is 0.0843. The van der Waals surface area contributed by atoms with Crippen LogP contribution in [-0.2, 0) is 14.3 Å². The molecule has 8 nitrogen and oxygen atoms in total. The number of ketones is 1. The number of aromatic nitrogens is 1. The van der Waals surface area contributed by atoms with E-state index in [2.05, 4.69) is 31.9 Å². The number of aryl methyl sites for hydroxylation is 1. The summed E-state index contributed by atoms with van der Waals surface area (Å²) in [6.45, 7) is 1.36. The number of ether oxygens (including phenoxy) is 2. The van der Waals surface area contributed by atoms with Crippen molar-refractivity contribution in [2.75, 3.05) is 18.6 Å². The van der Waals surface area contributed by atoms with E-state index in [1.807, 2.05) is 6.92 Å². The fourth-order valence-corrected chi connectivity index (χ4v) is 7.31. The van der Waals surface area contributed by atoms with Crippen molar-refractivity contribution in [2.24, 2.45) is 11.8 Å². The largest absolute Gasteiger partial charge is 0.497 e. The number of hydrogen-bond acceptors (Lipinski definition) is 7. The van der Waals surface area contributed by atoms with E-state index >= 15 is 0 Å². The normalized spacial score (nSPS) is 21.1. The molecule has 1 saturated carbocycles. The first-order valence-corrected chi connectivity index (χ1v) is 16.5. The predicted molar refractivity (Wildman–Crippen MR) is 179 cm³/mol. The molecule has 0 bridgehead atoms. The number of halogens is 3. The highest BCUT2D eigenvalue weighted by molar-refractivity contribution is 9.12. The molecule has 1 aromatic heterocycles. The Morgan fingerprint density at radius 1 is 0.933 bits per heavy atom. The molecule has 2 amide bonds. The smallest absolute Gasteiger partial charge is 0.339 e. The minimum absolute atomic E-state index is 0.121. The highest BCUT2D eigenvalue weighted by Gasteiger charge is 2.52. The zero-order chi connectivity index (χ0) is 32.0. The first kappa shape index (κ1) is 31.4. The Balaban J connectivity index is 1.28. The van der Waals surface area contributed by atoms with Gasteiger partial charge in [0.2, 0.25) is 11.8 Å². The highest BCUT2D eigenvalue weighted by atomic mass is 79.9. The number of methoxy groups -OCH3 is 1. The van der Waals surface area contributed by atoms with Crippen molar-refractivity contribution < 1.29 is 28.7 Å². The lowest BCUT2D eigenvalue weighted by Gasteiger charge is -2.29. The minimum Gasteiger partial charge on any atom is -0.497 e. The van der Waals surface area contributed by atoms with Gasteiger partial charge in [0, 0.05) is 31.2 Å². The van der Waals surface area contributed by atoms with Gasteiger partial charge in [0.15, 0.2) is 12.4 Å². The molecule has 11 heteroatoms. The van der Waals surface area contributed by atoms with Gasteiger partial charge in [0.05, 0.1) is 41.4 Å². The lowest BCUT2D eigenvalue weighted by atomic mass is 9.81. The number of esters is 1. The van der Waals surface area contributed by atoms with Gasteiger partial charge in [-0.15, -0.1) is 0 Å². The molecule has 0 N–H and O–H groups in total. The van der Waals surface area contributed by atoms with Crippen molar-refractivity contribution in [1.82, 2.24) is 4.98 Å². The van der Waals surface area contributed by atoms with Crippen molar-refractivity contribution in [3.63, 3.8) is 0 Å². The van der Waals surface area contributed by atoms with E-state index in [1.165, 1.54) is 12.0 Å². The molecule has 45 heavy (non-hydrogen) atoms. The summed E-state index contributed by atoms with van der Waals surface area (Å²) in [5.41, 5.74) is 3.41.